The van der Waals surface area contributed by atoms with Gasteiger partial charge in [-0.2, -0.15) is 13.2 Å². The lowest BCUT2D eigenvalue weighted by Crippen LogP contribution is -2.41. The topological polar surface area (TPSA) is 91.6 Å². The predicted molar refractivity (Wildman–Crippen MR) is 112 cm³/mol. The van der Waals surface area contributed by atoms with Gasteiger partial charge in [0.05, 0.1) is 17.8 Å². The first kappa shape index (κ1) is 24.2. The number of hydrogen-bond donors (Lipinski definition) is 3. The fourth-order valence-electron chi connectivity index (χ4n) is 2.89. The Bertz CT molecular complexity index is 855. The third-order valence-electron chi connectivity index (χ3n) is 4.52. The molecule has 2 aromatic rings. The Morgan fingerprint density at radius 1 is 1.03 bits per heavy atom. The number of aryl methyl sites for hydroxylation is 2. The monoisotopic (exact) mass is 439 g/mol. The van der Waals surface area contributed by atoms with E-state index in [-0.39, 0.29) is 12.1 Å². The highest BCUT2D eigenvalue weighted by Gasteiger charge is 2.30. The molecule has 0 unspecified atom stereocenters. The number of carbonyl (C=O) groups excluding carboxylic acids is 1. The minimum atomic E-state index is -4.43. The van der Waals surface area contributed by atoms with Crippen LogP contribution in [0, 0.1) is 0 Å². The van der Waals surface area contributed by atoms with Gasteiger partial charge in [0, 0.05) is 37.2 Å². The molecule has 0 atom stereocenters. The zero-order chi connectivity index (χ0) is 22.9. The summed E-state index contributed by atoms with van der Waals surface area (Å²) in [5.74, 6) is 0.957. The Labute approximate surface area is 179 Å². The van der Waals surface area contributed by atoms with E-state index in [1.54, 1.807) is 0 Å². The van der Waals surface area contributed by atoms with Gasteiger partial charge in [-0.05, 0) is 37.6 Å². The molecular formula is C21H28F3N5O2. The average Bonchev–Trinajstić information content (AvgIpc) is 3.16. The second kappa shape index (κ2) is 11.4. The molecule has 0 fully saturated rings. The normalized spacial score (nSPS) is 12.0. The number of carbonyl (C=O) groups is 1. The Morgan fingerprint density at radius 3 is 2.29 bits per heavy atom. The van der Waals surface area contributed by atoms with Crippen molar-refractivity contribution in [3.05, 3.63) is 52.4 Å². The Hall–Kier alpha value is -3.04. The molecule has 10 heteroatoms. The highest BCUT2D eigenvalue weighted by molar-refractivity contribution is 5.94. The molecule has 1 aromatic carbocycles. The molecule has 1 aromatic heterocycles. The van der Waals surface area contributed by atoms with Crippen molar-refractivity contribution in [2.24, 2.45) is 4.99 Å². The number of guanidine groups is 1. The number of amides is 1. The van der Waals surface area contributed by atoms with Gasteiger partial charge in [-0.1, -0.05) is 19.0 Å². The molecule has 2 rings (SSSR count). The van der Waals surface area contributed by atoms with Crippen molar-refractivity contribution >= 4 is 11.9 Å². The summed E-state index contributed by atoms with van der Waals surface area (Å²) in [5, 5.41) is 13.0. The zero-order valence-electron chi connectivity index (χ0n) is 17.9. The third kappa shape index (κ3) is 7.01. The van der Waals surface area contributed by atoms with E-state index >= 15 is 0 Å². The van der Waals surface area contributed by atoms with E-state index in [0.717, 1.165) is 54.1 Å². The second-order valence-corrected chi connectivity index (χ2v) is 6.69. The predicted octanol–water partition coefficient (Wildman–Crippen LogP) is 3.30. The van der Waals surface area contributed by atoms with E-state index in [0.29, 0.717) is 25.6 Å². The minimum Gasteiger partial charge on any atom is -0.361 e. The molecule has 0 saturated heterocycles. The standard InChI is InChI=1S/C21H28F3N5O2/c1-4-17-16(18(5-2)31-29-17)13-28-20(25-6-3)27-12-11-26-19(30)14-7-9-15(10-8-14)21(22,23)24/h7-10H,4-6,11-13H2,1-3H3,(H,26,30)(H2,25,27,28). The van der Waals surface area contributed by atoms with Crippen LogP contribution in [0.1, 0.15) is 53.7 Å². The van der Waals surface area contributed by atoms with Crippen molar-refractivity contribution in [1.29, 1.82) is 0 Å². The number of nitrogens with one attached hydrogen (secondary N) is 3. The maximum Gasteiger partial charge on any atom is 0.416 e. The highest BCUT2D eigenvalue weighted by Crippen LogP contribution is 2.29. The minimum absolute atomic E-state index is 0.167. The van der Waals surface area contributed by atoms with Crippen LogP contribution >= 0.6 is 0 Å². The summed E-state index contributed by atoms with van der Waals surface area (Å²) < 4.78 is 43.2. The smallest absolute Gasteiger partial charge is 0.361 e. The molecule has 170 valence electrons. The molecule has 3 N–H and O–H groups in total. The number of nitrogens with zero attached hydrogens (tertiary/aromatic N) is 2. The van der Waals surface area contributed by atoms with E-state index < -0.39 is 17.6 Å². The average molecular weight is 439 g/mol. The maximum atomic E-state index is 12.6. The maximum absolute atomic E-state index is 12.6. The molecular weight excluding hydrogens is 411 g/mol. The summed E-state index contributed by atoms with van der Waals surface area (Å²) in [6.45, 7) is 7.69. The van der Waals surface area contributed by atoms with Crippen molar-refractivity contribution in [1.82, 2.24) is 21.1 Å². The van der Waals surface area contributed by atoms with Crippen LogP contribution < -0.4 is 16.0 Å². The van der Waals surface area contributed by atoms with Crippen molar-refractivity contribution in [2.45, 2.75) is 46.3 Å². The fraction of sp³-hybridized carbons (Fsp3) is 0.476. The van der Waals surface area contributed by atoms with E-state index in [2.05, 4.69) is 26.1 Å². The fourth-order valence-corrected chi connectivity index (χ4v) is 2.89. The van der Waals surface area contributed by atoms with Crippen LogP contribution in [0.3, 0.4) is 0 Å². The summed E-state index contributed by atoms with van der Waals surface area (Å²) >= 11 is 0. The van der Waals surface area contributed by atoms with Crippen LogP contribution in [0.15, 0.2) is 33.8 Å². The second-order valence-electron chi connectivity index (χ2n) is 6.69. The quantitative estimate of drug-likeness (QED) is 0.317. The van der Waals surface area contributed by atoms with Gasteiger partial charge in [-0.3, -0.25) is 4.79 Å². The first-order chi connectivity index (χ1) is 14.8. The van der Waals surface area contributed by atoms with Crippen LogP contribution in [0.5, 0.6) is 0 Å². The summed E-state index contributed by atoms with van der Waals surface area (Å²) in [4.78, 5) is 16.7. The first-order valence-electron chi connectivity index (χ1n) is 10.2. The molecule has 0 radical (unpaired) electrons. The van der Waals surface area contributed by atoms with Crippen molar-refractivity contribution < 1.29 is 22.5 Å². The van der Waals surface area contributed by atoms with Crippen molar-refractivity contribution in [2.75, 3.05) is 19.6 Å². The van der Waals surface area contributed by atoms with Crippen LogP contribution in [0.25, 0.3) is 0 Å². The largest absolute Gasteiger partial charge is 0.416 e. The lowest BCUT2D eigenvalue weighted by atomic mass is 10.1. The molecule has 1 amide bonds. The lowest BCUT2D eigenvalue weighted by Gasteiger charge is -2.12. The molecule has 0 aliphatic rings. The molecule has 31 heavy (non-hydrogen) atoms. The van der Waals surface area contributed by atoms with Gasteiger partial charge in [0.25, 0.3) is 5.91 Å². The Morgan fingerprint density at radius 2 is 1.71 bits per heavy atom. The summed E-state index contributed by atoms with van der Waals surface area (Å²) in [6, 6.07) is 4.10. The van der Waals surface area contributed by atoms with Crippen LogP contribution in [-0.4, -0.2) is 36.7 Å². The summed E-state index contributed by atoms with van der Waals surface area (Å²) in [7, 11) is 0. The number of rotatable bonds is 9. The van der Waals surface area contributed by atoms with Gasteiger partial charge in [-0.15, -0.1) is 0 Å². The highest BCUT2D eigenvalue weighted by atomic mass is 19.4. The van der Waals surface area contributed by atoms with E-state index in [1.807, 2.05) is 20.8 Å². The van der Waals surface area contributed by atoms with Gasteiger partial charge in [0.1, 0.15) is 5.76 Å². The van der Waals surface area contributed by atoms with Gasteiger partial charge >= 0.3 is 6.18 Å². The van der Waals surface area contributed by atoms with E-state index in [1.165, 1.54) is 0 Å². The number of hydrogen-bond acceptors (Lipinski definition) is 4. The van der Waals surface area contributed by atoms with Crippen LogP contribution in [0.2, 0.25) is 0 Å². The van der Waals surface area contributed by atoms with Crippen LogP contribution in [0.4, 0.5) is 13.2 Å². The number of aliphatic imine (C=N–C) groups is 1. The van der Waals surface area contributed by atoms with Gasteiger partial charge < -0.3 is 20.5 Å². The van der Waals surface area contributed by atoms with Crippen molar-refractivity contribution in [3.63, 3.8) is 0 Å². The lowest BCUT2D eigenvalue weighted by molar-refractivity contribution is -0.137. The summed E-state index contributed by atoms with van der Waals surface area (Å²) in [6.07, 6.45) is -2.94. The number of alkyl halides is 3. The first-order valence-corrected chi connectivity index (χ1v) is 10.2. The molecule has 0 saturated carbocycles. The molecule has 0 spiro atoms. The molecule has 1 heterocycles. The Balaban J connectivity index is 1.87. The third-order valence-corrected chi connectivity index (χ3v) is 4.52. The number of benzene rings is 1. The number of halogens is 3. The van der Waals surface area contributed by atoms with Gasteiger partial charge in [0.15, 0.2) is 5.96 Å². The van der Waals surface area contributed by atoms with E-state index in [4.69, 9.17) is 4.52 Å². The number of aromatic nitrogens is 1. The SMILES string of the molecule is CCNC(=NCc1c(CC)noc1CC)NCCNC(=O)c1ccc(C(F)(F)F)cc1. The van der Waals surface area contributed by atoms with Crippen molar-refractivity contribution in [3.8, 4) is 0 Å². The molecule has 7 nitrogen and oxygen atoms in total. The molecule has 0 bridgehead atoms. The van der Waals surface area contributed by atoms with Gasteiger partial charge in [-0.25, -0.2) is 4.99 Å². The van der Waals surface area contributed by atoms with Gasteiger partial charge in [0.2, 0.25) is 0 Å². The molecule has 0 aliphatic heterocycles. The summed E-state index contributed by atoms with van der Waals surface area (Å²) in [5.41, 5.74) is 1.25. The van der Waals surface area contributed by atoms with E-state index in [9.17, 15) is 18.0 Å². The van der Waals surface area contributed by atoms with Crippen LogP contribution in [-0.2, 0) is 25.6 Å². The zero-order valence-corrected chi connectivity index (χ0v) is 17.9. The Kier molecular flexibility index (Phi) is 8.89. The molecule has 0 aliphatic carbocycles.